The average molecular weight is 217 g/mol. The van der Waals surface area contributed by atoms with E-state index in [9.17, 15) is 9.18 Å². The monoisotopic (exact) mass is 217 g/mol. The van der Waals surface area contributed by atoms with Gasteiger partial charge in [-0.2, -0.15) is 0 Å². The van der Waals surface area contributed by atoms with Gasteiger partial charge in [0.05, 0.1) is 6.04 Å². The molecular weight excluding hydrogens is 201 g/mol. The van der Waals surface area contributed by atoms with Crippen molar-refractivity contribution in [3.8, 4) is 0 Å². The Balaban J connectivity index is 4.06. The van der Waals surface area contributed by atoms with Crippen molar-refractivity contribution in [2.24, 2.45) is 5.73 Å². The van der Waals surface area contributed by atoms with Crippen LogP contribution in [0.5, 0.6) is 0 Å². The lowest BCUT2D eigenvalue weighted by Crippen LogP contribution is -2.31. The molecule has 0 rings (SSSR count). The molecule has 15 heavy (non-hydrogen) atoms. The van der Waals surface area contributed by atoms with Crippen molar-refractivity contribution in [3.05, 3.63) is 11.9 Å². The van der Waals surface area contributed by atoms with E-state index in [1.165, 1.54) is 0 Å². The van der Waals surface area contributed by atoms with Gasteiger partial charge in [0.25, 0.3) is 0 Å². The average Bonchev–Trinajstić information content (AvgIpc) is 2.21. The molecule has 0 saturated carbocycles. The van der Waals surface area contributed by atoms with Crippen molar-refractivity contribution in [1.29, 1.82) is 5.41 Å². The number of hydrogen-bond acceptors (Lipinski definition) is 4. The summed E-state index contributed by atoms with van der Waals surface area (Å²) >= 11 is 0. The van der Waals surface area contributed by atoms with Crippen LogP contribution in [0.4, 0.5) is 4.39 Å². The first kappa shape index (κ1) is 13.7. The van der Waals surface area contributed by atoms with Crippen LogP contribution in [0.2, 0.25) is 0 Å². The molecule has 0 aliphatic rings. The van der Waals surface area contributed by atoms with Crippen molar-refractivity contribution < 1.29 is 14.3 Å². The molecule has 0 radical (unpaired) electrons. The van der Waals surface area contributed by atoms with Gasteiger partial charge in [0.1, 0.15) is 11.9 Å². The van der Waals surface area contributed by atoms with Gasteiger partial charge in [-0.1, -0.05) is 0 Å². The minimum atomic E-state index is -1.15. The van der Waals surface area contributed by atoms with Gasteiger partial charge in [-0.25, -0.2) is 4.39 Å². The molecular formula is C9H16FN3O2. The topological polar surface area (TPSA) is 99.2 Å². The Kier molecular flexibility index (Phi) is 6.48. The molecule has 1 unspecified atom stereocenters. The molecule has 2 atom stereocenters. The molecule has 0 aromatic heterocycles. The first-order chi connectivity index (χ1) is 6.99. The number of aliphatic carboxylic acids is 1. The Bertz CT molecular complexity index is 256. The highest BCUT2D eigenvalue weighted by Gasteiger charge is 2.11. The molecule has 86 valence electrons. The molecule has 0 aromatic carbocycles. The van der Waals surface area contributed by atoms with Gasteiger partial charge < -0.3 is 21.6 Å². The van der Waals surface area contributed by atoms with E-state index < -0.39 is 23.9 Å². The predicted molar refractivity (Wildman–Crippen MR) is 55.7 cm³/mol. The Hall–Kier alpha value is -1.27. The van der Waals surface area contributed by atoms with Gasteiger partial charge >= 0.3 is 5.97 Å². The summed E-state index contributed by atoms with van der Waals surface area (Å²) in [5.74, 6) is -1.62. The third kappa shape index (κ3) is 5.92. The van der Waals surface area contributed by atoms with Crippen LogP contribution in [0, 0.1) is 5.41 Å². The van der Waals surface area contributed by atoms with E-state index in [-0.39, 0.29) is 13.0 Å². The molecule has 0 saturated heterocycles. The van der Waals surface area contributed by atoms with Crippen molar-refractivity contribution in [1.82, 2.24) is 5.32 Å². The van der Waals surface area contributed by atoms with Gasteiger partial charge in [0.15, 0.2) is 0 Å². The second-order valence-electron chi connectivity index (χ2n) is 3.10. The smallest absolute Gasteiger partial charge is 0.320 e. The Labute approximate surface area is 87.7 Å². The summed E-state index contributed by atoms with van der Waals surface area (Å²) in [4.78, 5) is 10.3. The minimum absolute atomic E-state index is 0.0439. The third-order valence-electron chi connectivity index (χ3n) is 1.82. The summed E-state index contributed by atoms with van der Waals surface area (Å²) in [6.45, 7) is 1.86. The number of hydrogen-bond donors (Lipinski definition) is 4. The van der Waals surface area contributed by atoms with E-state index in [1.54, 1.807) is 6.92 Å². The van der Waals surface area contributed by atoms with Crippen LogP contribution in [0.15, 0.2) is 11.9 Å². The van der Waals surface area contributed by atoms with Crippen molar-refractivity contribution >= 4 is 12.2 Å². The van der Waals surface area contributed by atoms with Crippen molar-refractivity contribution in [2.45, 2.75) is 25.4 Å². The molecule has 5 N–H and O–H groups in total. The van der Waals surface area contributed by atoms with E-state index in [0.717, 1.165) is 12.3 Å². The molecule has 0 bridgehead atoms. The standard InChI is InChI=1S/C9H16FN3O2/c1-6(13-5-4-11)7(10)2-3-8(12)9(14)15/h2,4,6,8,11,13H,3,5,12H2,1H3,(H,14,15)/b7-2+,11-4?/t6?,8-/m0/s1. The second kappa shape index (κ2) is 7.08. The first-order valence-electron chi connectivity index (χ1n) is 4.55. The molecule has 0 aromatic rings. The highest BCUT2D eigenvalue weighted by Crippen LogP contribution is 2.05. The van der Waals surface area contributed by atoms with Gasteiger partial charge in [-0.3, -0.25) is 4.79 Å². The summed E-state index contributed by atoms with van der Waals surface area (Å²) in [5.41, 5.74) is 5.20. The zero-order chi connectivity index (χ0) is 11.8. The molecule has 5 nitrogen and oxygen atoms in total. The van der Waals surface area contributed by atoms with Crippen LogP contribution in [-0.4, -0.2) is 35.9 Å². The fourth-order valence-corrected chi connectivity index (χ4v) is 0.850. The lowest BCUT2D eigenvalue weighted by atomic mass is 10.2. The normalized spacial score (nSPS) is 15.8. The number of halogens is 1. The van der Waals surface area contributed by atoms with E-state index in [4.69, 9.17) is 16.2 Å². The lowest BCUT2D eigenvalue weighted by molar-refractivity contribution is -0.138. The third-order valence-corrected chi connectivity index (χ3v) is 1.82. The van der Waals surface area contributed by atoms with E-state index >= 15 is 0 Å². The summed E-state index contributed by atoms with van der Waals surface area (Å²) in [6, 6.07) is -1.61. The largest absolute Gasteiger partial charge is 0.480 e. The first-order valence-corrected chi connectivity index (χ1v) is 4.55. The Morgan fingerprint density at radius 2 is 2.33 bits per heavy atom. The summed E-state index contributed by atoms with van der Waals surface area (Å²) in [7, 11) is 0. The number of nitrogens with one attached hydrogen (secondary N) is 2. The van der Waals surface area contributed by atoms with Gasteiger partial charge in [0.2, 0.25) is 0 Å². The van der Waals surface area contributed by atoms with Crippen LogP contribution in [0.3, 0.4) is 0 Å². The van der Waals surface area contributed by atoms with E-state index in [2.05, 4.69) is 5.32 Å². The maximum absolute atomic E-state index is 13.2. The zero-order valence-corrected chi connectivity index (χ0v) is 8.53. The van der Waals surface area contributed by atoms with Crippen LogP contribution in [0.25, 0.3) is 0 Å². The van der Waals surface area contributed by atoms with E-state index in [1.807, 2.05) is 0 Å². The number of rotatable bonds is 7. The SMILES string of the molecule is CC(NCC=N)/C(F)=C\C[C@H](N)C(=O)O. The van der Waals surface area contributed by atoms with Crippen LogP contribution < -0.4 is 11.1 Å². The minimum Gasteiger partial charge on any atom is -0.480 e. The fraction of sp³-hybridized carbons (Fsp3) is 0.556. The molecule has 0 aliphatic heterocycles. The maximum Gasteiger partial charge on any atom is 0.320 e. The Morgan fingerprint density at radius 3 is 2.80 bits per heavy atom. The molecule has 0 amide bonds. The van der Waals surface area contributed by atoms with Crippen LogP contribution >= 0.6 is 0 Å². The van der Waals surface area contributed by atoms with Crippen LogP contribution in [0.1, 0.15) is 13.3 Å². The number of carboxylic acids is 1. The summed E-state index contributed by atoms with van der Waals surface area (Å²) in [5, 5.41) is 17.9. The molecule has 0 heterocycles. The number of nitrogens with two attached hydrogens (primary N) is 1. The van der Waals surface area contributed by atoms with Gasteiger partial charge in [-0.15, -0.1) is 0 Å². The molecule has 6 heteroatoms. The number of carboxylic acid groups (broad SMARTS) is 1. The highest BCUT2D eigenvalue weighted by molar-refractivity contribution is 5.73. The predicted octanol–water partition coefficient (Wildman–Crippen LogP) is 0.269. The van der Waals surface area contributed by atoms with E-state index in [0.29, 0.717) is 0 Å². The summed E-state index contributed by atoms with van der Waals surface area (Å²) < 4.78 is 13.2. The maximum atomic E-state index is 13.2. The van der Waals surface area contributed by atoms with Crippen LogP contribution in [-0.2, 0) is 4.79 Å². The number of carbonyl (C=O) groups is 1. The van der Waals surface area contributed by atoms with Crippen molar-refractivity contribution in [3.63, 3.8) is 0 Å². The quantitative estimate of drug-likeness (QED) is 0.460. The summed E-state index contributed by atoms with van der Waals surface area (Å²) in [6.07, 6.45) is 2.23. The fourth-order valence-electron chi connectivity index (χ4n) is 0.850. The lowest BCUT2D eigenvalue weighted by Gasteiger charge is -2.10. The Morgan fingerprint density at radius 1 is 1.73 bits per heavy atom. The zero-order valence-electron chi connectivity index (χ0n) is 8.53. The van der Waals surface area contributed by atoms with Gasteiger partial charge in [0, 0.05) is 12.8 Å². The van der Waals surface area contributed by atoms with Crippen molar-refractivity contribution in [2.75, 3.05) is 6.54 Å². The van der Waals surface area contributed by atoms with Gasteiger partial charge in [-0.05, 0) is 19.4 Å². The molecule has 0 spiro atoms. The molecule has 0 fully saturated rings. The highest BCUT2D eigenvalue weighted by atomic mass is 19.1. The second-order valence-corrected chi connectivity index (χ2v) is 3.10. The molecule has 0 aliphatic carbocycles.